The van der Waals surface area contributed by atoms with E-state index in [4.69, 9.17) is 5.73 Å². The van der Waals surface area contributed by atoms with Gasteiger partial charge in [-0.15, -0.1) is 0 Å². The van der Waals surface area contributed by atoms with E-state index in [9.17, 15) is 0 Å². The van der Waals surface area contributed by atoms with Gasteiger partial charge in [0, 0.05) is 50.3 Å². The number of likely N-dealkylation sites (N-methyl/N-ethyl adjacent to an activating group) is 1. The predicted molar refractivity (Wildman–Crippen MR) is 95.9 cm³/mol. The molecule has 1 fully saturated rings. The first-order chi connectivity index (χ1) is 11.8. The van der Waals surface area contributed by atoms with Crippen molar-refractivity contribution in [3.63, 3.8) is 0 Å². The first kappa shape index (κ1) is 14.9. The number of aromatic nitrogens is 4. The van der Waals surface area contributed by atoms with Crippen LogP contribution in [-0.4, -0.2) is 57.6 Å². The minimum atomic E-state index is 0.281. The number of hydrogen-bond acceptors (Lipinski definition) is 6. The number of hydrogen-bond donors (Lipinski definition) is 2. The molecule has 3 aromatic heterocycles. The topological polar surface area (TPSA) is 87.0 Å². The largest absolute Gasteiger partial charge is 0.368 e. The molecule has 3 aromatic rings. The Morgan fingerprint density at radius 2 is 1.92 bits per heavy atom. The predicted octanol–water partition coefficient (Wildman–Crippen LogP) is 1.74. The van der Waals surface area contributed by atoms with Crippen molar-refractivity contribution in [2.75, 3.05) is 43.4 Å². The van der Waals surface area contributed by atoms with Crippen LogP contribution in [0, 0.1) is 0 Å². The molecule has 1 saturated heterocycles. The summed E-state index contributed by atoms with van der Waals surface area (Å²) < 4.78 is 0. The molecule has 0 aromatic carbocycles. The van der Waals surface area contributed by atoms with Crippen LogP contribution in [0.2, 0.25) is 0 Å². The second-order valence-corrected chi connectivity index (χ2v) is 5.98. The Kier molecular flexibility index (Phi) is 3.78. The van der Waals surface area contributed by atoms with Crippen LogP contribution in [0.4, 0.5) is 11.6 Å². The van der Waals surface area contributed by atoms with Gasteiger partial charge >= 0.3 is 0 Å². The van der Waals surface area contributed by atoms with Crippen LogP contribution in [0.25, 0.3) is 22.3 Å². The summed E-state index contributed by atoms with van der Waals surface area (Å²) in [4.78, 5) is 21.0. The Morgan fingerprint density at radius 3 is 2.67 bits per heavy atom. The average Bonchev–Trinajstić information content (AvgIpc) is 3.06. The van der Waals surface area contributed by atoms with E-state index >= 15 is 0 Å². The number of nitrogens with zero attached hydrogens (tertiary/aromatic N) is 5. The molecule has 4 heterocycles. The minimum absolute atomic E-state index is 0.281. The van der Waals surface area contributed by atoms with Crippen LogP contribution < -0.4 is 10.6 Å². The van der Waals surface area contributed by atoms with Gasteiger partial charge in [-0.05, 0) is 18.7 Å². The highest BCUT2D eigenvalue weighted by atomic mass is 15.3. The molecule has 124 valence electrons. The zero-order chi connectivity index (χ0) is 16.5. The lowest BCUT2D eigenvalue weighted by molar-refractivity contribution is 0.271. The van der Waals surface area contributed by atoms with Gasteiger partial charge in [-0.25, -0.2) is 15.0 Å². The molecular weight excluding hydrogens is 302 g/mol. The number of anilines is 2. The van der Waals surface area contributed by atoms with E-state index < -0.39 is 0 Å². The highest BCUT2D eigenvalue weighted by Crippen LogP contribution is 2.34. The number of nitrogen functional groups attached to an aromatic ring is 1. The second kappa shape index (κ2) is 6.09. The van der Waals surface area contributed by atoms with Crippen molar-refractivity contribution in [2.45, 2.75) is 6.92 Å². The molecule has 0 unspecified atom stereocenters. The molecule has 3 N–H and O–H groups in total. The molecule has 1 aliphatic heterocycles. The third kappa shape index (κ3) is 2.56. The lowest BCUT2D eigenvalue weighted by Crippen LogP contribution is -2.46. The van der Waals surface area contributed by atoms with E-state index in [1.165, 1.54) is 5.69 Å². The number of H-pyrrole nitrogens is 1. The zero-order valence-electron chi connectivity index (χ0n) is 13.7. The summed E-state index contributed by atoms with van der Waals surface area (Å²) in [5.41, 5.74) is 9.66. The number of rotatable bonds is 3. The van der Waals surface area contributed by atoms with Gasteiger partial charge in [-0.3, -0.25) is 0 Å². The Bertz CT molecular complexity index is 849. The maximum atomic E-state index is 5.76. The molecule has 7 nitrogen and oxygen atoms in total. The Hall–Kier alpha value is -2.67. The molecule has 0 amide bonds. The van der Waals surface area contributed by atoms with Gasteiger partial charge in [0.15, 0.2) is 0 Å². The molecule has 0 atom stereocenters. The molecule has 4 rings (SSSR count). The van der Waals surface area contributed by atoms with Gasteiger partial charge in [-0.2, -0.15) is 0 Å². The van der Waals surface area contributed by atoms with Gasteiger partial charge in [0.1, 0.15) is 5.65 Å². The zero-order valence-corrected chi connectivity index (χ0v) is 13.7. The Labute approximate surface area is 140 Å². The summed E-state index contributed by atoms with van der Waals surface area (Å²) in [7, 11) is 0. The van der Waals surface area contributed by atoms with Crippen LogP contribution in [0.5, 0.6) is 0 Å². The fourth-order valence-electron chi connectivity index (χ4n) is 3.33. The normalized spacial score (nSPS) is 16.0. The van der Waals surface area contributed by atoms with Crippen LogP contribution in [0.3, 0.4) is 0 Å². The molecular formula is C17H21N7. The smallest absolute Gasteiger partial charge is 0.220 e. The molecule has 0 aliphatic carbocycles. The van der Waals surface area contributed by atoms with Gasteiger partial charge in [0.25, 0.3) is 0 Å². The number of fused-ring (bicyclic) bond motifs is 1. The van der Waals surface area contributed by atoms with Crippen LogP contribution in [0.15, 0.2) is 30.7 Å². The van der Waals surface area contributed by atoms with Crippen LogP contribution in [-0.2, 0) is 0 Å². The Balaban J connectivity index is 1.78. The molecule has 24 heavy (non-hydrogen) atoms. The van der Waals surface area contributed by atoms with Crippen molar-refractivity contribution in [3.05, 3.63) is 30.7 Å². The van der Waals surface area contributed by atoms with Crippen molar-refractivity contribution in [1.29, 1.82) is 0 Å². The molecule has 0 radical (unpaired) electrons. The summed E-state index contributed by atoms with van der Waals surface area (Å²) in [6.07, 6.45) is 5.50. The number of aromatic amines is 1. The summed E-state index contributed by atoms with van der Waals surface area (Å²) in [6, 6.07) is 3.97. The van der Waals surface area contributed by atoms with Gasteiger partial charge in [-0.1, -0.05) is 6.92 Å². The van der Waals surface area contributed by atoms with Crippen LogP contribution in [0.1, 0.15) is 6.92 Å². The van der Waals surface area contributed by atoms with Crippen molar-refractivity contribution in [2.24, 2.45) is 0 Å². The highest BCUT2D eigenvalue weighted by molar-refractivity contribution is 6.02. The van der Waals surface area contributed by atoms with Crippen molar-refractivity contribution >= 4 is 22.7 Å². The number of nitrogens with two attached hydrogens (primary N) is 1. The van der Waals surface area contributed by atoms with E-state index in [0.29, 0.717) is 0 Å². The lowest BCUT2D eigenvalue weighted by Gasteiger charge is -2.35. The highest BCUT2D eigenvalue weighted by Gasteiger charge is 2.20. The fraction of sp³-hybridized carbons (Fsp3) is 0.353. The summed E-state index contributed by atoms with van der Waals surface area (Å²) in [5, 5.41) is 1.10. The summed E-state index contributed by atoms with van der Waals surface area (Å²) in [6.45, 7) is 7.52. The molecule has 0 bridgehead atoms. The third-order valence-corrected chi connectivity index (χ3v) is 4.66. The molecule has 0 spiro atoms. The number of nitrogens with one attached hydrogen (secondary N) is 1. The van der Waals surface area contributed by atoms with Crippen molar-refractivity contribution in [1.82, 2.24) is 24.8 Å². The summed E-state index contributed by atoms with van der Waals surface area (Å²) >= 11 is 0. The van der Waals surface area contributed by atoms with E-state index in [1.54, 1.807) is 6.20 Å². The van der Waals surface area contributed by atoms with E-state index in [0.717, 1.165) is 55.0 Å². The van der Waals surface area contributed by atoms with Gasteiger partial charge in [0.05, 0.1) is 16.8 Å². The van der Waals surface area contributed by atoms with E-state index in [-0.39, 0.29) is 5.95 Å². The average molecular weight is 323 g/mol. The number of pyridine rings is 1. The van der Waals surface area contributed by atoms with Gasteiger partial charge in [0.2, 0.25) is 5.95 Å². The van der Waals surface area contributed by atoms with E-state index in [2.05, 4.69) is 42.7 Å². The maximum absolute atomic E-state index is 5.76. The summed E-state index contributed by atoms with van der Waals surface area (Å²) in [5.74, 6) is 0.281. The fourth-order valence-corrected chi connectivity index (χ4v) is 3.33. The van der Waals surface area contributed by atoms with Crippen molar-refractivity contribution in [3.8, 4) is 11.3 Å². The lowest BCUT2D eigenvalue weighted by atomic mass is 10.1. The standard InChI is InChI=1S/C17H21N7/c1-2-23-7-9-24(10-8-23)14-4-6-19-16-15(14)12(11-21-16)13-3-5-20-17(18)22-13/h3-6,11H,2,7-10H2,1H3,(H,19,21)(H2,18,20,22). The monoisotopic (exact) mass is 323 g/mol. The Morgan fingerprint density at radius 1 is 1.12 bits per heavy atom. The second-order valence-electron chi connectivity index (χ2n) is 5.98. The molecule has 0 saturated carbocycles. The number of piperazine rings is 1. The minimum Gasteiger partial charge on any atom is -0.368 e. The molecule has 7 heteroatoms. The van der Waals surface area contributed by atoms with Crippen molar-refractivity contribution < 1.29 is 0 Å². The van der Waals surface area contributed by atoms with Gasteiger partial charge < -0.3 is 20.5 Å². The van der Waals surface area contributed by atoms with E-state index in [1.807, 2.05) is 18.5 Å². The first-order valence-corrected chi connectivity index (χ1v) is 8.28. The SMILES string of the molecule is CCN1CCN(c2ccnc3[nH]cc(-c4ccnc(N)n4)c23)CC1. The molecule has 1 aliphatic rings. The first-order valence-electron chi connectivity index (χ1n) is 8.28. The third-order valence-electron chi connectivity index (χ3n) is 4.66. The van der Waals surface area contributed by atoms with Crippen LogP contribution >= 0.6 is 0 Å². The quantitative estimate of drug-likeness (QED) is 0.763. The maximum Gasteiger partial charge on any atom is 0.220 e.